The molecule has 1 aliphatic rings. The molecular weight excluding hydrogens is 262 g/mol. The molecule has 3 rings (SSSR count). The number of aromatic nitrogens is 4. The van der Waals surface area contributed by atoms with Crippen LogP contribution in [0.3, 0.4) is 0 Å². The van der Waals surface area contributed by atoms with Gasteiger partial charge < -0.3 is 4.90 Å². The molecule has 0 N–H and O–H groups in total. The van der Waals surface area contributed by atoms with Crippen molar-refractivity contribution in [3.63, 3.8) is 0 Å². The number of hydrogen-bond donors (Lipinski definition) is 0. The average Bonchev–Trinajstić information content (AvgIpc) is 2.96. The van der Waals surface area contributed by atoms with Crippen molar-refractivity contribution in [1.82, 2.24) is 24.6 Å². The minimum Gasteiger partial charge on any atom is -0.306 e. The lowest BCUT2D eigenvalue weighted by Crippen LogP contribution is -2.33. The van der Waals surface area contributed by atoms with Crippen LogP contribution in [0.15, 0.2) is 24.8 Å². The van der Waals surface area contributed by atoms with E-state index in [2.05, 4.69) is 29.0 Å². The van der Waals surface area contributed by atoms with E-state index in [1.165, 1.54) is 25.9 Å². The maximum absolute atomic E-state index is 4.78. The summed E-state index contributed by atoms with van der Waals surface area (Å²) < 4.78 is 1.92. The van der Waals surface area contributed by atoms with Gasteiger partial charge in [0.15, 0.2) is 0 Å². The topological polar surface area (TPSA) is 46.8 Å². The lowest BCUT2D eigenvalue weighted by molar-refractivity contribution is 0.208. The van der Waals surface area contributed by atoms with E-state index in [1.807, 2.05) is 29.5 Å². The van der Waals surface area contributed by atoms with Crippen LogP contribution in [-0.4, -0.2) is 44.8 Å². The molecule has 3 heterocycles. The minimum absolute atomic E-state index is 0.701. The van der Waals surface area contributed by atoms with Gasteiger partial charge in [-0.1, -0.05) is 0 Å². The summed E-state index contributed by atoms with van der Waals surface area (Å²) in [7, 11) is 2.20. The van der Waals surface area contributed by atoms with Gasteiger partial charge in [0.25, 0.3) is 0 Å². The molecule has 0 aliphatic carbocycles. The highest BCUT2D eigenvalue weighted by Crippen LogP contribution is 2.21. The zero-order valence-electron chi connectivity index (χ0n) is 12.9. The molecule has 1 fully saturated rings. The molecule has 0 bridgehead atoms. The van der Waals surface area contributed by atoms with E-state index in [1.54, 1.807) is 0 Å². The normalized spacial score (nSPS) is 19.8. The fourth-order valence-corrected chi connectivity index (χ4v) is 3.05. The van der Waals surface area contributed by atoms with E-state index >= 15 is 0 Å². The molecule has 0 unspecified atom stereocenters. The quantitative estimate of drug-likeness (QED) is 0.864. The molecular formula is C16H23N5. The van der Waals surface area contributed by atoms with E-state index in [4.69, 9.17) is 4.98 Å². The third kappa shape index (κ3) is 3.47. The van der Waals surface area contributed by atoms with E-state index < -0.39 is 0 Å². The molecule has 2 aromatic heterocycles. The molecule has 5 nitrogen and oxygen atoms in total. The summed E-state index contributed by atoms with van der Waals surface area (Å²) in [5, 5.41) is 4.31. The Kier molecular flexibility index (Phi) is 4.29. The van der Waals surface area contributed by atoms with Crippen LogP contribution in [0.5, 0.6) is 0 Å². The number of nitrogens with zero attached hydrogens (tertiary/aromatic N) is 5. The third-order valence-electron chi connectivity index (χ3n) is 4.16. The monoisotopic (exact) mass is 285 g/mol. The van der Waals surface area contributed by atoms with Crippen molar-refractivity contribution in [2.75, 3.05) is 20.1 Å². The molecule has 5 heteroatoms. The predicted octanol–water partition coefficient (Wildman–Crippen LogP) is 2.24. The number of rotatable bonds is 4. The summed E-state index contributed by atoms with van der Waals surface area (Å²) in [5.74, 6) is 0.701. The first-order valence-electron chi connectivity index (χ1n) is 7.77. The largest absolute Gasteiger partial charge is 0.306 e. The van der Waals surface area contributed by atoms with Crippen LogP contribution in [0.2, 0.25) is 0 Å². The number of likely N-dealkylation sites (tertiary alicyclic amines) is 1. The Morgan fingerprint density at radius 3 is 2.95 bits per heavy atom. The standard InChI is InChI=1S/C16H23N5/c1-3-21-12-14(8-18-21)16-10-17-9-15(19-16)7-13-5-4-6-20(2)11-13/h8-10,12-13H,3-7,11H2,1-2H3/t13-/m1/s1. The van der Waals surface area contributed by atoms with Gasteiger partial charge in [-0.15, -0.1) is 0 Å². The molecule has 0 aromatic carbocycles. The predicted molar refractivity (Wildman–Crippen MR) is 82.9 cm³/mol. The molecule has 2 aromatic rings. The first kappa shape index (κ1) is 14.2. The maximum Gasteiger partial charge on any atom is 0.0920 e. The summed E-state index contributed by atoms with van der Waals surface area (Å²) in [6, 6.07) is 0. The van der Waals surface area contributed by atoms with Gasteiger partial charge in [0.05, 0.1) is 23.8 Å². The SMILES string of the molecule is CCn1cc(-c2cncc(C[C@H]3CCCN(C)C3)n2)cn1. The van der Waals surface area contributed by atoms with E-state index in [-0.39, 0.29) is 0 Å². The van der Waals surface area contributed by atoms with Crippen LogP contribution in [0.1, 0.15) is 25.5 Å². The highest BCUT2D eigenvalue weighted by atomic mass is 15.3. The number of hydrogen-bond acceptors (Lipinski definition) is 4. The van der Waals surface area contributed by atoms with Gasteiger partial charge in [-0.25, -0.2) is 4.98 Å². The summed E-state index contributed by atoms with van der Waals surface area (Å²) in [5.41, 5.74) is 3.07. The molecule has 112 valence electrons. The summed E-state index contributed by atoms with van der Waals surface area (Å²) in [6.07, 6.45) is 11.2. The third-order valence-corrected chi connectivity index (χ3v) is 4.16. The Morgan fingerprint density at radius 2 is 2.19 bits per heavy atom. The Morgan fingerprint density at radius 1 is 1.29 bits per heavy atom. The van der Waals surface area contributed by atoms with Gasteiger partial charge in [0.2, 0.25) is 0 Å². The van der Waals surface area contributed by atoms with Crippen molar-refractivity contribution in [2.24, 2.45) is 5.92 Å². The first-order chi connectivity index (χ1) is 10.2. The second kappa shape index (κ2) is 6.35. The zero-order chi connectivity index (χ0) is 14.7. The fourth-order valence-electron chi connectivity index (χ4n) is 3.05. The van der Waals surface area contributed by atoms with Crippen LogP contribution < -0.4 is 0 Å². The fraction of sp³-hybridized carbons (Fsp3) is 0.562. The first-order valence-corrected chi connectivity index (χ1v) is 7.77. The second-order valence-corrected chi connectivity index (χ2v) is 5.95. The van der Waals surface area contributed by atoms with Crippen molar-refractivity contribution in [3.05, 3.63) is 30.5 Å². The Hall–Kier alpha value is -1.75. The smallest absolute Gasteiger partial charge is 0.0920 e. The van der Waals surface area contributed by atoms with Gasteiger partial charge in [-0.2, -0.15) is 5.10 Å². The van der Waals surface area contributed by atoms with E-state index in [0.29, 0.717) is 5.92 Å². The minimum atomic E-state index is 0.701. The van der Waals surface area contributed by atoms with Crippen molar-refractivity contribution >= 4 is 0 Å². The summed E-state index contributed by atoms with van der Waals surface area (Å²) >= 11 is 0. The van der Waals surface area contributed by atoms with Gasteiger partial charge >= 0.3 is 0 Å². The highest BCUT2D eigenvalue weighted by molar-refractivity contribution is 5.55. The van der Waals surface area contributed by atoms with E-state index in [9.17, 15) is 0 Å². The maximum atomic E-state index is 4.78. The van der Waals surface area contributed by atoms with Crippen molar-refractivity contribution < 1.29 is 0 Å². The molecule has 1 saturated heterocycles. The van der Waals surface area contributed by atoms with Crippen molar-refractivity contribution in [3.8, 4) is 11.3 Å². The molecule has 0 spiro atoms. The van der Waals surface area contributed by atoms with E-state index in [0.717, 1.165) is 29.9 Å². The lowest BCUT2D eigenvalue weighted by Gasteiger charge is -2.29. The number of piperidine rings is 1. The van der Waals surface area contributed by atoms with Crippen LogP contribution in [0.4, 0.5) is 0 Å². The molecule has 0 amide bonds. The molecule has 0 radical (unpaired) electrons. The van der Waals surface area contributed by atoms with Gasteiger partial charge in [0, 0.05) is 31.0 Å². The lowest BCUT2D eigenvalue weighted by atomic mass is 9.94. The van der Waals surface area contributed by atoms with Gasteiger partial charge in [-0.05, 0) is 45.7 Å². The molecule has 0 saturated carbocycles. The van der Waals surface area contributed by atoms with Crippen LogP contribution >= 0.6 is 0 Å². The van der Waals surface area contributed by atoms with Gasteiger partial charge in [-0.3, -0.25) is 9.67 Å². The molecule has 1 atom stereocenters. The second-order valence-electron chi connectivity index (χ2n) is 5.95. The van der Waals surface area contributed by atoms with Crippen molar-refractivity contribution in [1.29, 1.82) is 0 Å². The number of aryl methyl sites for hydroxylation is 1. The average molecular weight is 285 g/mol. The zero-order valence-corrected chi connectivity index (χ0v) is 12.9. The highest BCUT2D eigenvalue weighted by Gasteiger charge is 2.18. The Labute approximate surface area is 126 Å². The van der Waals surface area contributed by atoms with Crippen LogP contribution in [0, 0.1) is 5.92 Å². The summed E-state index contributed by atoms with van der Waals surface area (Å²) in [6.45, 7) is 5.35. The van der Waals surface area contributed by atoms with Crippen LogP contribution in [-0.2, 0) is 13.0 Å². The molecule has 1 aliphatic heterocycles. The van der Waals surface area contributed by atoms with Crippen LogP contribution in [0.25, 0.3) is 11.3 Å². The molecule has 21 heavy (non-hydrogen) atoms. The van der Waals surface area contributed by atoms with Gasteiger partial charge in [0.1, 0.15) is 0 Å². The summed E-state index contributed by atoms with van der Waals surface area (Å²) in [4.78, 5) is 11.6. The van der Waals surface area contributed by atoms with Crippen molar-refractivity contribution in [2.45, 2.75) is 32.7 Å². The Bertz CT molecular complexity index is 592. The Balaban J connectivity index is 1.73.